The Bertz CT molecular complexity index is 870. The molecule has 0 bridgehead atoms. The fourth-order valence-electron chi connectivity index (χ4n) is 3.12. The van der Waals surface area contributed by atoms with Crippen LogP contribution in [0.3, 0.4) is 0 Å². The summed E-state index contributed by atoms with van der Waals surface area (Å²) in [5, 5.41) is 8.84. The molecule has 0 unspecified atom stereocenters. The van der Waals surface area contributed by atoms with E-state index in [-0.39, 0.29) is 0 Å². The normalized spacial score (nSPS) is 16.5. The minimum atomic E-state index is 0.547. The van der Waals surface area contributed by atoms with Crippen molar-refractivity contribution in [1.29, 1.82) is 0 Å². The van der Waals surface area contributed by atoms with Gasteiger partial charge in [-0.3, -0.25) is 9.80 Å². The monoisotopic (exact) mass is 339 g/mol. The molecule has 25 heavy (non-hydrogen) atoms. The van der Waals surface area contributed by atoms with Crippen LogP contribution in [0.25, 0.3) is 10.9 Å². The van der Waals surface area contributed by atoms with Gasteiger partial charge < -0.3 is 10.2 Å². The number of benzene rings is 1. The molecular weight excluding hydrogens is 318 g/mol. The quantitative estimate of drug-likeness (QED) is 0.758. The molecule has 130 valence electrons. The predicted molar refractivity (Wildman–Crippen MR) is 93.5 cm³/mol. The van der Waals surface area contributed by atoms with Crippen LogP contribution in [0.1, 0.15) is 17.6 Å². The highest BCUT2D eigenvalue weighted by atomic mass is 16.4. The Kier molecular flexibility index (Phi) is 4.29. The van der Waals surface area contributed by atoms with Crippen LogP contribution in [0.2, 0.25) is 0 Å². The summed E-state index contributed by atoms with van der Waals surface area (Å²) in [6, 6.07) is 7.84. The van der Waals surface area contributed by atoms with Crippen molar-refractivity contribution >= 4 is 16.7 Å². The molecule has 4 rings (SSSR count). The number of anilines is 1. The lowest BCUT2D eigenvalue weighted by molar-refractivity contribution is 0.112. The molecule has 1 aliphatic rings. The van der Waals surface area contributed by atoms with E-state index in [2.05, 4.69) is 30.0 Å². The van der Waals surface area contributed by atoms with E-state index in [1.165, 1.54) is 0 Å². The SMILES string of the molecule is Cc1nnc(CN2CCN(Cc3nc(N)c4ccccc4n3)CC2)o1. The molecule has 8 nitrogen and oxygen atoms in total. The van der Waals surface area contributed by atoms with Crippen molar-refractivity contribution in [3.63, 3.8) is 0 Å². The van der Waals surface area contributed by atoms with E-state index >= 15 is 0 Å². The lowest BCUT2D eigenvalue weighted by atomic mass is 10.2. The van der Waals surface area contributed by atoms with E-state index in [1.54, 1.807) is 0 Å². The summed E-state index contributed by atoms with van der Waals surface area (Å²) in [5.74, 6) is 2.61. The van der Waals surface area contributed by atoms with Crippen molar-refractivity contribution in [2.45, 2.75) is 20.0 Å². The molecule has 0 radical (unpaired) electrons. The van der Waals surface area contributed by atoms with E-state index in [1.807, 2.05) is 31.2 Å². The number of para-hydroxylation sites is 1. The Morgan fingerprint density at radius 2 is 1.72 bits per heavy atom. The second-order valence-electron chi connectivity index (χ2n) is 6.31. The Morgan fingerprint density at radius 3 is 2.44 bits per heavy atom. The van der Waals surface area contributed by atoms with E-state index in [0.717, 1.165) is 42.9 Å². The molecule has 1 aliphatic heterocycles. The first-order valence-corrected chi connectivity index (χ1v) is 8.42. The van der Waals surface area contributed by atoms with Gasteiger partial charge in [-0.1, -0.05) is 12.1 Å². The zero-order chi connectivity index (χ0) is 17.2. The van der Waals surface area contributed by atoms with Crippen LogP contribution in [-0.2, 0) is 13.1 Å². The fourth-order valence-corrected chi connectivity index (χ4v) is 3.12. The molecule has 2 N–H and O–H groups in total. The van der Waals surface area contributed by atoms with E-state index in [9.17, 15) is 0 Å². The minimum absolute atomic E-state index is 0.547. The molecule has 0 amide bonds. The maximum atomic E-state index is 6.07. The van der Waals surface area contributed by atoms with Gasteiger partial charge in [0.25, 0.3) is 0 Å². The summed E-state index contributed by atoms with van der Waals surface area (Å²) in [6.07, 6.45) is 0. The molecule has 1 aromatic carbocycles. The van der Waals surface area contributed by atoms with Gasteiger partial charge in [-0.25, -0.2) is 9.97 Å². The van der Waals surface area contributed by atoms with Gasteiger partial charge in [0.1, 0.15) is 11.6 Å². The second-order valence-corrected chi connectivity index (χ2v) is 6.31. The number of piperazine rings is 1. The molecule has 0 spiro atoms. The second kappa shape index (κ2) is 6.73. The fraction of sp³-hybridized carbons (Fsp3) is 0.412. The number of nitrogens with two attached hydrogens (primary N) is 1. The Morgan fingerprint density at radius 1 is 1.00 bits per heavy atom. The molecule has 0 aliphatic carbocycles. The van der Waals surface area contributed by atoms with Gasteiger partial charge in [0, 0.05) is 38.5 Å². The number of hydrogen-bond acceptors (Lipinski definition) is 8. The summed E-state index contributed by atoms with van der Waals surface area (Å²) in [4.78, 5) is 13.8. The Labute approximate surface area is 145 Å². The topological polar surface area (TPSA) is 97.2 Å². The van der Waals surface area contributed by atoms with E-state index in [4.69, 9.17) is 10.2 Å². The van der Waals surface area contributed by atoms with Gasteiger partial charge >= 0.3 is 0 Å². The van der Waals surface area contributed by atoms with Gasteiger partial charge in [-0.15, -0.1) is 10.2 Å². The molecule has 3 aromatic rings. The summed E-state index contributed by atoms with van der Waals surface area (Å²) >= 11 is 0. The summed E-state index contributed by atoms with van der Waals surface area (Å²) < 4.78 is 5.45. The van der Waals surface area contributed by atoms with Crippen molar-refractivity contribution in [3.05, 3.63) is 41.9 Å². The van der Waals surface area contributed by atoms with Gasteiger partial charge in [-0.2, -0.15) is 0 Å². The van der Waals surface area contributed by atoms with Crippen LogP contribution in [0.4, 0.5) is 5.82 Å². The van der Waals surface area contributed by atoms with Crippen LogP contribution in [0, 0.1) is 6.92 Å². The number of nitrogens with zero attached hydrogens (tertiary/aromatic N) is 6. The summed E-state index contributed by atoms with van der Waals surface area (Å²) in [5.41, 5.74) is 6.97. The highest BCUT2D eigenvalue weighted by Crippen LogP contribution is 2.18. The molecule has 2 aromatic heterocycles. The molecule has 0 atom stereocenters. The average Bonchev–Trinajstić information content (AvgIpc) is 3.02. The number of aromatic nitrogens is 4. The van der Waals surface area contributed by atoms with Crippen molar-refractivity contribution < 1.29 is 4.42 Å². The van der Waals surface area contributed by atoms with Gasteiger partial charge in [0.15, 0.2) is 0 Å². The zero-order valence-corrected chi connectivity index (χ0v) is 14.2. The lowest BCUT2D eigenvalue weighted by Crippen LogP contribution is -2.45. The van der Waals surface area contributed by atoms with Crippen LogP contribution in [0.15, 0.2) is 28.7 Å². The predicted octanol–water partition coefficient (Wildman–Crippen LogP) is 1.22. The standard InChI is InChI=1S/C17H21N7O/c1-12-21-22-16(25-12)11-24-8-6-23(7-9-24)10-15-19-14-5-3-2-4-13(14)17(18)20-15/h2-5H,6-11H2,1H3,(H2,18,19,20). The first-order valence-electron chi connectivity index (χ1n) is 8.42. The minimum Gasteiger partial charge on any atom is -0.424 e. The zero-order valence-electron chi connectivity index (χ0n) is 14.2. The highest BCUT2D eigenvalue weighted by Gasteiger charge is 2.20. The van der Waals surface area contributed by atoms with Crippen LogP contribution in [0.5, 0.6) is 0 Å². The first-order chi connectivity index (χ1) is 12.2. The summed E-state index contributed by atoms with van der Waals surface area (Å²) in [6.45, 7) is 7.02. The largest absolute Gasteiger partial charge is 0.424 e. The first kappa shape index (κ1) is 15.9. The smallest absolute Gasteiger partial charge is 0.230 e. The third kappa shape index (κ3) is 3.59. The van der Waals surface area contributed by atoms with E-state index < -0.39 is 0 Å². The van der Waals surface area contributed by atoms with Crippen molar-refractivity contribution in [1.82, 2.24) is 30.0 Å². The number of rotatable bonds is 4. The number of nitrogen functional groups attached to an aromatic ring is 1. The molecule has 1 saturated heterocycles. The number of hydrogen-bond donors (Lipinski definition) is 1. The average molecular weight is 339 g/mol. The molecular formula is C17H21N7O. The van der Waals surface area contributed by atoms with Crippen LogP contribution in [-0.4, -0.2) is 56.1 Å². The summed E-state index contributed by atoms with van der Waals surface area (Å²) in [7, 11) is 0. The maximum absolute atomic E-state index is 6.07. The number of aryl methyl sites for hydroxylation is 1. The number of fused-ring (bicyclic) bond motifs is 1. The Hall–Kier alpha value is -2.58. The highest BCUT2D eigenvalue weighted by molar-refractivity contribution is 5.87. The van der Waals surface area contributed by atoms with Crippen molar-refractivity contribution in [2.24, 2.45) is 0 Å². The van der Waals surface area contributed by atoms with Crippen LogP contribution >= 0.6 is 0 Å². The van der Waals surface area contributed by atoms with E-state index in [0.29, 0.717) is 30.7 Å². The van der Waals surface area contributed by atoms with Crippen molar-refractivity contribution in [2.75, 3.05) is 31.9 Å². The van der Waals surface area contributed by atoms with Crippen molar-refractivity contribution in [3.8, 4) is 0 Å². The van der Waals surface area contributed by atoms with Gasteiger partial charge in [-0.05, 0) is 12.1 Å². The molecule has 3 heterocycles. The van der Waals surface area contributed by atoms with Crippen LogP contribution < -0.4 is 5.73 Å². The third-order valence-corrected chi connectivity index (χ3v) is 4.44. The van der Waals surface area contributed by atoms with Gasteiger partial charge in [0.2, 0.25) is 11.8 Å². The third-order valence-electron chi connectivity index (χ3n) is 4.44. The lowest BCUT2D eigenvalue weighted by Gasteiger charge is -2.33. The molecule has 0 saturated carbocycles. The maximum Gasteiger partial charge on any atom is 0.230 e. The molecule has 8 heteroatoms. The molecule has 1 fully saturated rings. The Balaban J connectivity index is 1.37. The van der Waals surface area contributed by atoms with Gasteiger partial charge in [0.05, 0.1) is 18.6 Å².